The SMILES string of the molecule is CCCC(Br)c1cc(OCC)c(OCC)cc1Br. The molecule has 1 aromatic carbocycles. The van der Waals surface area contributed by atoms with Crippen LogP contribution in [-0.4, -0.2) is 13.2 Å². The molecule has 0 aliphatic carbocycles. The van der Waals surface area contributed by atoms with E-state index in [-0.39, 0.29) is 0 Å². The van der Waals surface area contributed by atoms with Gasteiger partial charge in [0.2, 0.25) is 0 Å². The fraction of sp³-hybridized carbons (Fsp3) is 0.571. The summed E-state index contributed by atoms with van der Waals surface area (Å²) in [5.74, 6) is 1.62. The molecule has 0 saturated carbocycles. The van der Waals surface area contributed by atoms with Crippen LogP contribution in [0.15, 0.2) is 16.6 Å². The average Bonchev–Trinajstić information content (AvgIpc) is 2.33. The normalized spacial score (nSPS) is 12.3. The molecule has 1 rings (SSSR count). The maximum Gasteiger partial charge on any atom is 0.162 e. The van der Waals surface area contributed by atoms with Crippen molar-refractivity contribution in [3.63, 3.8) is 0 Å². The number of rotatable bonds is 7. The molecule has 0 fully saturated rings. The Balaban J connectivity index is 3.09. The van der Waals surface area contributed by atoms with E-state index in [1.807, 2.05) is 19.9 Å². The van der Waals surface area contributed by atoms with E-state index in [9.17, 15) is 0 Å². The standard InChI is InChI=1S/C14H20Br2O2/c1-4-7-11(15)10-8-13(17-5-2)14(18-6-3)9-12(10)16/h8-9,11H,4-7H2,1-3H3. The fourth-order valence-corrected chi connectivity index (χ4v) is 3.48. The Labute approximate surface area is 126 Å². The molecule has 0 N–H and O–H groups in total. The van der Waals surface area contributed by atoms with Crippen LogP contribution >= 0.6 is 31.9 Å². The Hall–Kier alpha value is -0.220. The molecule has 0 radical (unpaired) electrons. The number of hydrogen-bond acceptors (Lipinski definition) is 2. The predicted molar refractivity (Wildman–Crippen MR) is 83.1 cm³/mol. The molecule has 0 bridgehead atoms. The third-order valence-electron chi connectivity index (χ3n) is 2.54. The summed E-state index contributed by atoms with van der Waals surface area (Å²) in [4.78, 5) is 0.340. The first-order chi connectivity index (χ1) is 8.63. The molecule has 0 aliphatic rings. The third kappa shape index (κ3) is 4.16. The molecule has 2 nitrogen and oxygen atoms in total. The molecule has 102 valence electrons. The monoisotopic (exact) mass is 378 g/mol. The van der Waals surface area contributed by atoms with Crippen LogP contribution in [0, 0.1) is 0 Å². The lowest BCUT2D eigenvalue weighted by molar-refractivity contribution is 0.287. The molecule has 0 saturated heterocycles. The van der Waals surface area contributed by atoms with Crippen LogP contribution in [0.2, 0.25) is 0 Å². The minimum atomic E-state index is 0.340. The fourth-order valence-electron chi connectivity index (χ4n) is 1.74. The topological polar surface area (TPSA) is 18.5 Å². The summed E-state index contributed by atoms with van der Waals surface area (Å²) < 4.78 is 12.3. The highest BCUT2D eigenvalue weighted by Gasteiger charge is 2.15. The van der Waals surface area contributed by atoms with Gasteiger partial charge in [0.05, 0.1) is 13.2 Å². The van der Waals surface area contributed by atoms with E-state index in [1.54, 1.807) is 0 Å². The predicted octanol–water partition coefficient (Wildman–Crippen LogP) is 5.48. The second kappa shape index (κ2) is 8.05. The quantitative estimate of drug-likeness (QED) is 0.583. The largest absolute Gasteiger partial charge is 0.490 e. The van der Waals surface area contributed by atoms with Crippen molar-refractivity contribution in [3.05, 3.63) is 22.2 Å². The van der Waals surface area contributed by atoms with Crippen LogP contribution < -0.4 is 9.47 Å². The van der Waals surface area contributed by atoms with Crippen molar-refractivity contribution < 1.29 is 9.47 Å². The lowest BCUT2D eigenvalue weighted by Gasteiger charge is -2.17. The lowest BCUT2D eigenvalue weighted by Crippen LogP contribution is -2.01. The average molecular weight is 380 g/mol. The molecule has 0 aliphatic heterocycles. The van der Waals surface area contributed by atoms with Crippen LogP contribution in [0.3, 0.4) is 0 Å². The van der Waals surface area contributed by atoms with E-state index >= 15 is 0 Å². The van der Waals surface area contributed by atoms with Crippen molar-refractivity contribution in [1.82, 2.24) is 0 Å². The molecular formula is C14H20Br2O2. The van der Waals surface area contributed by atoms with E-state index in [1.165, 1.54) is 5.56 Å². The molecule has 0 amide bonds. The highest BCUT2D eigenvalue weighted by Crippen LogP contribution is 2.40. The Morgan fingerprint density at radius 3 is 2.11 bits per heavy atom. The number of ether oxygens (including phenoxy) is 2. The van der Waals surface area contributed by atoms with Crippen molar-refractivity contribution >= 4 is 31.9 Å². The zero-order chi connectivity index (χ0) is 13.5. The summed E-state index contributed by atoms with van der Waals surface area (Å²) in [6.07, 6.45) is 2.23. The van der Waals surface area contributed by atoms with Crippen LogP contribution in [-0.2, 0) is 0 Å². The molecule has 0 aromatic heterocycles. The Morgan fingerprint density at radius 2 is 1.61 bits per heavy atom. The lowest BCUT2D eigenvalue weighted by atomic mass is 10.1. The van der Waals surface area contributed by atoms with E-state index < -0.39 is 0 Å². The van der Waals surface area contributed by atoms with Crippen LogP contribution in [0.4, 0.5) is 0 Å². The number of hydrogen-bond donors (Lipinski definition) is 0. The first-order valence-corrected chi connectivity index (χ1v) is 8.07. The van der Waals surface area contributed by atoms with Crippen molar-refractivity contribution in [2.45, 2.75) is 38.4 Å². The smallest absolute Gasteiger partial charge is 0.162 e. The van der Waals surface area contributed by atoms with Crippen molar-refractivity contribution in [2.75, 3.05) is 13.2 Å². The molecule has 1 atom stereocenters. The van der Waals surface area contributed by atoms with Gasteiger partial charge in [0, 0.05) is 9.30 Å². The summed E-state index contributed by atoms with van der Waals surface area (Å²) in [7, 11) is 0. The zero-order valence-electron chi connectivity index (χ0n) is 11.1. The molecule has 0 heterocycles. The van der Waals surface area contributed by atoms with Gasteiger partial charge in [0.25, 0.3) is 0 Å². The number of halogens is 2. The van der Waals surface area contributed by atoms with Crippen molar-refractivity contribution in [3.8, 4) is 11.5 Å². The van der Waals surface area contributed by atoms with Gasteiger partial charge in [0.1, 0.15) is 0 Å². The van der Waals surface area contributed by atoms with Gasteiger partial charge in [-0.2, -0.15) is 0 Å². The minimum absolute atomic E-state index is 0.340. The summed E-state index contributed by atoms with van der Waals surface area (Å²) >= 11 is 7.33. The van der Waals surface area contributed by atoms with E-state index in [0.717, 1.165) is 28.8 Å². The molecular weight excluding hydrogens is 360 g/mol. The maximum absolute atomic E-state index is 5.65. The maximum atomic E-state index is 5.65. The summed E-state index contributed by atoms with van der Waals surface area (Å²) in [5, 5.41) is 0. The molecule has 0 spiro atoms. The van der Waals surface area contributed by atoms with Gasteiger partial charge in [0.15, 0.2) is 11.5 Å². The second-order valence-corrected chi connectivity index (χ2v) is 5.90. The third-order valence-corrected chi connectivity index (χ3v) is 4.18. The van der Waals surface area contributed by atoms with Crippen LogP contribution in [0.5, 0.6) is 11.5 Å². The first-order valence-electron chi connectivity index (χ1n) is 6.37. The van der Waals surface area contributed by atoms with Gasteiger partial charge in [-0.05, 0) is 38.0 Å². The zero-order valence-corrected chi connectivity index (χ0v) is 14.3. The van der Waals surface area contributed by atoms with Crippen molar-refractivity contribution in [2.24, 2.45) is 0 Å². The van der Waals surface area contributed by atoms with E-state index in [0.29, 0.717) is 18.0 Å². The summed E-state index contributed by atoms with van der Waals surface area (Å²) in [6, 6.07) is 4.06. The Bertz CT molecular complexity index is 380. The van der Waals surface area contributed by atoms with Crippen LogP contribution in [0.25, 0.3) is 0 Å². The molecule has 1 unspecified atom stereocenters. The van der Waals surface area contributed by atoms with E-state index in [2.05, 4.69) is 44.8 Å². The second-order valence-electron chi connectivity index (χ2n) is 3.94. The van der Waals surface area contributed by atoms with Gasteiger partial charge in [-0.25, -0.2) is 0 Å². The highest BCUT2D eigenvalue weighted by molar-refractivity contribution is 9.11. The van der Waals surface area contributed by atoms with Gasteiger partial charge >= 0.3 is 0 Å². The van der Waals surface area contributed by atoms with Gasteiger partial charge < -0.3 is 9.47 Å². The Kier molecular flexibility index (Phi) is 7.08. The summed E-state index contributed by atoms with van der Waals surface area (Å²) in [6.45, 7) is 7.41. The van der Waals surface area contributed by atoms with Crippen molar-refractivity contribution in [1.29, 1.82) is 0 Å². The van der Waals surface area contributed by atoms with E-state index in [4.69, 9.17) is 9.47 Å². The van der Waals surface area contributed by atoms with Gasteiger partial charge in [-0.3, -0.25) is 0 Å². The molecule has 18 heavy (non-hydrogen) atoms. The van der Waals surface area contributed by atoms with Gasteiger partial charge in [-0.15, -0.1) is 0 Å². The molecule has 1 aromatic rings. The minimum Gasteiger partial charge on any atom is -0.490 e. The Morgan fingerprint density at radius 1 is 1.06 bits per heavy atom. The summed E-state index contributed by atoms with van der Waals surface area (Å²) in [5.41, 5.74) is 1.21. The van der Waals surface area contributed by atoms with Gasteiger partial charge in [-0.1, -0.05) is 45.2 Å². The molecule has 4 heteroatoms. The highest BCUT2D eigenvalue weighted by atomic mass is 79.9. The first kappa shape index (κ1) is 15.8. The number of benzene rings is 1. The number of alkyl halides is 1. The van der Waals surface area contributed by atoms with Crippen LogP contribution in [0.1, 0.15) is 44.0 Å².